The minimum atomic E-state index is -0.271. The largest absolute Gasteiger partial charge is 0.388 e. The van der Waals surface area contributed by atoms with Crippen LogP contribution in [0.2, 0.25) is 0 Å². The van der Waals surface area contributed by atoms with Gasteiger partial charge in [0.1, 0.15) is 0 Å². The van der Waals surface area contributed by atoms with E-state index in [1.165, 1.54) is 5.69 Å². The van der Waals surface area contributed by atoms with Gasteiger partial charge in [0.2, 0.25) is 0 Å². The molecule has 0 saturated heterocycles. The van der Waals surface area contributed by atoms with Crippen molar-refractivity contribution in [2.24, 2.45) is 7.05 Å². The lowest BCUT2D eigenvalue weighted by Gasteiger charge is -2.17. The van der Waals surface area contributed by atoms with Crippen molar-refractivity contribution in [2.75, 3.05) is 0 Å². The third-order valence-corrected chi connectivity index (χ3v) is 2.34. The zero-order chi connectivity index (χ0) is 7.84. The summed E-state index contributed by atoms with van der Waals surface area (Å²) in [6.45, 7) is 0. The number of aliphatic hydroxyl groups is 1. The fourth-order valence-corrected chi connectivity index (χ4v) is 1.68. The van der Waals surface area contributed by atoms with E-state index in [-0.39, 0.29) is 6.10 Å². The smallest absolute Gasteiger partial charge is 0.0823 e. The molecular formula is C8H12N2O. The molecule has 0 spiro atoms. The summed E-state index contributed by atoms with van der Waals surface area (Å²) in [5, 5.41) is 13.6. The van der Waals surface area contributed by atoms with Gasteiger partial charge in [0.05, 0.1) is 12.3 Å². The van der Waals surface area contributed by atoms with Gasteiger partial charge in [-0.3, -0.25) is 4.68 Å². The molecule has 1 heterocycles. The van der Waals surface area contributed by atoms with Crippen LogP contribution in [0.4, 0.5) is 0 Å². The summed E-state index contributed by atoms with van der Waals surface area (Å²) in [7, 11) is 1.93. The molecule has 1 aromatic rings. The molecule has 0 amide bonds. The first-order valence-electron chi connectivity index (χ1n) is 3.98. The van der Waals surface area contributed by atoms with E-state index in [1.807, 2.05) is 11.7 Å². The van der Waals surface area contributed by atoms with Crippen LogP contribution in [-0.2, 0) is 13.5 Å². The number of hydrogen-bond donors (Lipinski definition) is 1. The number of rotatable bonds is 0. The lowest BCUT2D eigenvalue weighted by atomic mass is 9.95. The second-order valence-corrected chi connectivity index (χ2v) is 3.08. The molecule has 0 fully saturated rings. The molecule has 1 aliphatic carbocycles. The van der Waals surface area contributed by atoms with Crippen molar-refractivity contribution in [3.63, 3.8) is 0 Å². The van der Waals surface area contributed by atoms with Crippen LogP contribution in [0.1, 0.15) is 30.2 Å². The lowest BCUT2D eigenvalue weighted by molar-refractivity contribution is 0.156. The van der Waals surface area contributed by atoms with Crippen molar-refractivity contribution in [2.45, 2.75) is 25.4 Å². The topological polar surface area (TPSA) is 38.0 Å². The minimum Gasteiger partial charge on any atom is -0.388 e. The Bertz CT molecular complexity index is 267. The third-order valence-electron chi connectivity index (χ3n) is 2.34. The molecule has 0 aliphatic heterocycles. The maximum Gasteiger partial charge on any atom is 0.0823 e. The van der Waals surface area contributed by atoms with Gasteiger partial charge in [-0.05, 0) is 19.3 Å². The van der Waals surface area contributed by atoms with Crippen LogP contribution in [0, 0.1) is 0 Å². The molecule has 1 aliphatic rings. The fraction of sp³-hybridized carbons (Fsp3) is 0.625. The summed E-state index contributed by atoms with van der Waals surface area (Å²) in [5.41, 5.74) is 2.22. The maximum absolute atomic E-state index is 9.52. The molecule has 2 rings (SSSR count). The van der Waals surface area contributed by atoms with Crippen molar-refractivity contribution < 1.29 is 5.11 Å². The Morgan fingerprint density at radius 1 is 1.73 bits per heavy atom. The molecule has 1 aromatic heterocycles. The number of aliphatic hydroxyl groups excluding tert-OH is 1. The van der Waals surface area contributed by atoms with E-state index >= 15 is 0 Å². The van der Waals surface area contributed by atoms with Crippen LogP contribution < -0.4 is 0 Å². The zero-order valence-electron chi connectivity index (χ0n) is 6.62. The number of nitrogens with zero attached hydrogens (tertiary/aromatic N) is 2. The highest BCUT2D eigenvalue weighted by Gasteiger charge is 2.20. The molecule has 3 heteroatoms. The lowest BCUT2D eigenvalue weighted by Crippen LogP contribution is -2.10. The summed E-state index contributed by atoms with van der Waals surface area (Å²) in [4.78, 5) is 0. The molecule has 11 heavy (non-hydrogen) atoms. The highest BCUT2D eigenvalue weighted by atomic mass is 16.3. The van der Waals surface area contributed by atoms with Crippen LogP contribution in [0.15, 0.2) is 6.20 Å². The van der Waals surface area contributed by atoms with Gasteiger partial charge in [-0.1, -0.05) is 0 Å². The van der Waals surface area contributed by atoms with E-state index < -0.39 is 0 Å². The minimum absolute atomic E-state index is 0.271. The number of aryl methyl sites for hydroxylation is 1. The Labute approximate surface area is 65.7 Å². The second-order valence-electron chi connectivity index (χ2n) is 3.08. The fourth-order valence-electron chi connectivity index (χ4n) is 1.68. The first-order chi connectivity index (χ1) is 5.29. The van der Waals surface area contributed by atoms with Crippen LogP contribution in [0.25, 0.3) is 0 Å². The molecule has 60 valence electrons. The molecular weight excluding hydrogens is 140 g/mol. The Morgan fingerprint density at radius 2 is 2.55 bits per heavy atom. The van der Waals surface area contributed by atoms with Crippen molar-refractivity contribution in [1.29, 1.82) is 0 Å². The van der Waals surface area contributed by atoms with Gasteiger partial charge in [-0.15, -0.1) is 0 Å². The van der Waals surface area contributed by atoms with E-state index in [9.17, 15) is 5.11 Å². The van der Waals surface area contributed by atoms with Gasteiger partial charge in [-0.25, -0.2) is 0 Å². The van der Waals surface area contributed by atoms with E-state index in [2.05, 4.69) is 5.10 Å². The van der Waals surface area contributed by atoms with Crippen molar-refractivity contribution in [1.82, 2.24) is 9.78 Å². The van der Waals surface area contributed by atoms with Crippen LogP contribution in [-0.4, -0.2) is 14.9 Å². The predicted molar refractivity (Wildman–Crippen MR) is 41.1 cm³/mol. The summed E-state index contributed by atoms with van der Waals surface area (Å²) in [6, 6.07) is 0. The van der Waals surface area contributed by atoms with E-state index in [0.717, 1.165) is 24.8 Å². The molecule has 1 atom stereocenters. The van der Waals surface area contributed by atoms with E-state index in [4.69, 9.17) is 0 Å². The second kappa shape index (κ2) is 2.34. The van der Waals surface area contributed by atoms with Gasteiger partial charge >= 0.3 is 0 Å². The third kappa shape index (κ3) is 0.959. The number of aromatic nitrogens is 2. The molecule has 0 radical (unpaired) electrons. The Morgan fingerprint density at radius 3 is 3.27 bits per heavy atom. The van der Waals surface area contributed by atoms with Crippen molar-refractivity contribution in [3.05, 3.63) is 17.5 Å². The quantitative estimate of drug-likeness (QED) is 0.597. The molecule has 0 aromatic carbocycles. The standard InChI is InChI=1S/C8H12N2O/c1-10-7-3-2-4-8(11)6(7)5-9-10/h5,8,11H,2-4H2,1H3. The Hall–Kier alpha value is -0.830. The van der Waals surface area contributed by atoms with Crippen LogP contribution in [0.5, 0.6) is 0 Å². The summed E-state index contributed by atoms with van der Waals surface area (Å²) in [6.07, 6.45) is 4.53. The molecule has 1 unspecified atom stereocenters. The first kappa shape index (κ1) is 6.85. The van der Waals surface area contributed by atoms with Crippen LogP contribution >= 0.6 is 0 Å². The van der Waals surface area contributed by atoms with Gasteiger partial charge in [0.15, 0.2) is 0 Å². The average molecular weight is 152 g/mol. The van der Waals surface area contributed by atoms with E-state index in [1.54, 1.807) is 6.20 Å². The number of hydrogen-bond acceptors (Lipinski definition) is 2. The van der Waals surface area contributed by atoms with E-state index in [0.29, 0.717) is 0 Å². The molecule has 0 bridgehead atoms. The normalized spacial score (nSPS) is 23.3. The first-order valence-corrected chi connectivity index (χ1v) is 3.98. The van der Waals surface area contributed by atoms with Crippen LogP contribution in [0.3, 0.4) is 0 Å². The van der Waals surface area contributed by atoms with Crippen molar-refractivity contribution in [3.8, 4) is 0 Å². The van der Waals surface area contributed by atoms with Crippen molar-refractivity contribution >= 4 is 0 Å². The SMILES string of the molecule is Cn1ncc2c1CCCC2O. The Balaban J connectivity index is 2.46. The summed E-state index contributed by atoms with van der Waals surface area (Å²) >= 11 is 0. The van der Waals surface area contributed by atoms with Gasteiger partial charge in [0.25, 0.3) is 0 Å². The van der Waals surface area contributed by atoms with Gasteiger partial charge < -0.3 is 5.11 Å². The predicted octanol–water partition coefficient (Wildman–Crippen LogP) is 0.790. The molecule has 0 saturated carbocycles. The monoisotopic (exact) mass is 152 g/mol. The average Bonchev–Trinajstić information content (AvgIpc) is 2.35. The summed E-state index contributed by atoms with van der Waals surface area (Å²) < 4.78 is 1.86. The maximum atomic E-state index is 9.52. The molecule has 1 N–H and O–H groups in total. The highest BCUT2D eigenvalue weighted by Crippen LogP contribution is 2.28. The number of fused-ring (bicyclic) bond motifs is 1. The molecule has 3 nitrogen and oxygen atoms in total. The summed E-state index contributed by atoms with van der Waals surface area (Å²) in [5.74, 6) is 0. The highest BCUT2D eigenvalue weighted by molar-refractivity contribution is 5.22. The Kier molecular flexibility index (Phi) is 1.46. The van der Waals surface area contributed by atoms with Gasteiger partial charge in [0, 0.05) is 18.3 Å². The zero-order valence-corrected chi connectivity index (χ0v) is 6.62. The van der Waals surface area contributed by atoms with Gasteiger partial charge in [-0.2, -0.15) is 5.10 Å².